The molecule has 0 saturated carbocycles. The molecule has 3 aromatic rings. The number of furan rings is 1. The third-order valence-electron chi connectivity index (χ3n) is 4.68. The van der Waals surface area contributed by atoms with Crippen molar-refractivity contribution < 1.29 is 28.2 Å². The van der Waals surface area contributed by atoms with E-state index in [-0.39, 0.29) is 18.8 Å². The monoisotopic (exact) mass is 382 g/mol. The highest BCUT2D eigenvalue weighted by molar-refractivity contribution is 6.01. The van der Waals surface area contributed by atoms with Crippen LogP contribution in [-0.4, -0.2) is 32.6 Å². The molecule has 0 aliphatic heterocycles. The average Bonchev–Trinajstić information content (AvgIpc) is 3.07. The van der Waals surface area contributed by atoms with Crippen LogP contribution in [0.25, 0.3) is 11.0 Å². The van der Waals surface area contributed by atoms with Crippen LogP contribution in [0, 0.1) is 13.8 Å². The van der Waals surface area contributed by atoms with Crippen LogP contribution in [-0.2, 0) is 16.0 Å². The lowest BCUT2D eigenvalue weighted by Crippen LogP contribution is -2.16. The highest BCUT2D eigenvalue weighted by Crippen LogP contribution is 2.26. The van der Waals surface area contributed by atoms with Gasteiger partial charge in [-0.15, -0.1) is 0 Å². The van der Waals surface area contributed by atoms with Gasteiger partial charge in [0.15, 0.2) is 6.61 Å². The Morgan fingerprint density at radius 1 is 1.00 bits per heavy atom. The lowest BCUT2D eigenvalue weighted by Gasteiger charge is -2.10. The second kappa shape index (κ2) is 8.17. The average molecular weight is 382 g/mol. The smallest absolute Gasteiger partial charge is 0.310 e. The molecule has 28 heavy (non-hydrogen) atoms. The van der Waals surface area contributed by atoms with Gasteiger partial charge in [0.25, 0.3) is 0 Å². The number of hydrogen-bond acceptors (Lipinski definition) is 6. The zero-order valence-electron chi connectivity index (χ0n) is 16.3. The van der Waals surface area contributed by atoms with Crippen molar-refractivity contribution in [2.75, 3.05) is 20.8 Å². The fraction of sp³-hybridized carbons (Fsp3) is 0.273. The number of esters is 1. The molecule has 6 nitrogen and oxygen atoms in total. The summed E-state index contributed by atoms with van der Waals surface area (Å²) in [7, 11) is 2.98. The van der Waals surface area contributed by atoms with Gasteiger partial charge in [0, 0.05) is 10.9 Å². The Kier molecular flexibility index (Phi) is 5.68. The molecule has 6 heteroatoms. The molecule has 3 rings (SSSR count). The minimum absolute atomic E-state index is 0.0258. The minimum atomic E-state index is -0.504. The van der Waals surface area contributed by atoms with E-state index >= 15 is 0 Å². The van der Waals surface area contributed by atoms with E-state index in [9.17, 15) is 9.59 Å². The maximum atomic E-state index is 12.5. The number of fused-ring (bicyclic) bond motifs is 1. The number of aryl methyl sites for hydroxylation is 2. The molecule has 0 fully saturated rings. The van der Waals surface area contributed by atoms with Gasteiger partial charge in [-0.1, -0.05) is 0 Å². The second-order valence-corrected chi connectivity index (χ2v) is 6.52. The zero-order chi connectivity index (χ0) is 20.3. The SMILES string of the molecule is COc1ccc(OC)c(C(=O)COC(=O)Cc2coc3cc(C)c(C)cc23)c1. The first kappa shape index (κ1) is 19.5. The third kappa shape index (κ3) is 4.01. The fourth-order valence-corrected chi connectivity index (χ4v) is 2.94. The summed E-state index contributed by atoms with van der Waals surface area (Å²) in [5, 5.41) is 0.876. The molecule has 0 spiro atoms. The zero-order valence-corrected chi connectivity index (χ0v) is 16.3. The molecule has 0 aliphatic rings. The molecule has 1 aromatic heterocycles. The summed E-state index contributed by atoms with van der Waals surface area (Å²) in [4.78, 5) is 24.7. The summed E-state index contributed by atoms with van der Waals surface area (Å²) >= 11 is 0. The Morgan fingerprint density at radius 2 is 1.75 bits per heavy atom. The molecule has 0 amide bonds. The first-order chi connectivity index (χ1) is 13.4. The molecule has 0 unspecified atom stereocenters. The number of carbonyl (C=O) groups excluding carboxylic acids is 2. The van der Waals surface area contributed by atoms with E-state index in [4.69, 9.17) is 18.6 Å². The molecule has 0 radical (unpaired) electrons. The van der Waals surface area contributed by atoms with Crippen molar-refractivity contribution in [3.05, 3.63) is 58.8 Å². The van der Waals surface area contributed by atoms with Crippen molar-refractivity contribution in [2.45, 2.75) is 20.3 Å². The van der Waals surface area contributed by atoms with Crippen LogP contribution >= 0.6 is 0 Å². The van der Waals surface area contributed by atoms with Gasteiger partial charge in [-0.3, -0.25) is 9.59 Å². The number of carbonyl (C=O) groups is 2. The number of benzene rings is 2. The third-order valence-corrected chi connectivity index (χ3v) is 4.68. The summed E-state index contributed by atoms with van der Waals surface area (Å²) < 4.78 is 21.0. The van der Waals surface area contributed by atoms with Crippen LogP contribution in [0.1, 0.15) is 27.0 Å². The topological polar surface area (TPSA) is 75.0 Å². The van der Waals surface area contributed by atoms with Crippen molar-refractivity contribution in [1.29, 1.82) is 0 Å². The first-order valence-corrected chi connectivity index (χ1v) is 8.81. The Morgan fingerprint density at radius 3 is 2.46 bits per heavy atom. The number of hydrogen-bond donors (Lipinski definition) is 0. The van der Waals surface area contributed by atoms with E-state index < -0.39 is 5.97 Å². The Balaban J connectivity index is 1.68. The van der Waals surface area contributed by atoms with Crippen molar-refractivity contribution in [3.8, 4) is 11.5 Å². The number of methoxy groups -OCH3 is 2. The van der Waals surface area contributed by atoms with E-state index in [1.807, 2.05) is 26.0 Å². The van der Waals surface area contributed by atoms with Crippen LogP contribution in [0.15, 0.2) is 41.0 Å². The van der Waals surface area contributed by atoms with Gasteiger partial charge in [0.1, 0.15) is 17.1 Å². The van der Waals surface area contributed by atoms with Crippen LogP contribution < -0.4 is 9.47 Å². The molecular weight excluding hydrogens is 360 g/mol. The van der Waals surface area contributed by atoms with E-state index in [1.165, 1.54) is 14.2 Å². The highest BCUT2D eigenvalue weighted by atomic mass is 16.5. The molecule has 0 aliphatic carbocycles. The van der Waals surface area contributed by atoms with Gasteiger partial charge < -0.3 is 18.6 Å². The van der Waals surface area contributed by atoms with Gasteiger partial charge in [0.2, 0.25) is 5.78 Å². The van der Waals surface area contributed by atoms with Crippen molar-refractivity contribution in [1.82, 2.24) is 0 Å². The maximum absolute atomic E-state index is 12.5. The fourth-order valence-electron chi connectivity index (χ4n) is 2.94. The first-order valence-electron chi connectivity index (χ1n) is 8.81. The van der Waals surface area contributed by atoms with Gasteiger partial charge in [0.05, 0.1) is 32.5 Å². The standard InChI is InChI=1S/C22H22O6/c1-13-7-17-15(11-27-21(17)8-14(13)2)9-22(24)28-12-19(23)18-10-16(25-3)5-6-20(18)26-4/h5-8,10-11H,9,12H2,1-4H3. The van der Waals surface area contributed by atoms with Crippen LogP contribution in [0.2, 0.25) is 0 Å². The van der Waals surface area contributed by atoms with Gasteiger partial charge >= 0.3 is 5.97 Å². The lowest BCUT2D eigenvalue weighted by molar-refractivity contribution is -0.141. The van der Waals surface area contributed by atoms with Crippen LogP contribution in [0.3, 0.4) is 0 Å². The number of ether oxygens (including phenoxy) is 3. The molecule has 146 valence electrons. The second-order valence-electron chi connectivity index (χ2n) is 6.52. The molecule has 1 heterocycles. The number of rotatable bonds is 7. The lowest BCUT2D eigenvalue weighted by atomic mass is 10.0. The van der Waals surface area contributed by atoms with Crippen molar-refractivity contribution in [2.24, 2.45) is 0 Å². The Hall–Kier alpha value is -3.28. The van der Waals surface area contributed by atoms with Crippen molar-refractivity contribution in [3.63, 3.8) is 0 Å². The number of Topliss-reactive ketones (excluding diaryl/α,β-unsaturated/α-hetero) is 1. The quantitative estimate of drug-likeness (QED) is 0.454. The predicted octanol–water partition coefficient (Wildman–Crippen LogP) is 4.04. The molecule has 0 N–H and O–H groups in total. The van der Waals surface area contributed by atoms with Gasteiger partial charge in [-0.2, -0.15) is 0 Å². The summed E-state index contributed by atoms with van der Waals surface area (Å²) in [6, 6.07) is 8.82. The van der Waals surface area contributed by atoms with Gasteiger partial charge in [-0.05, 0) is 55.3 Å². The summed E-state index contributed by atoms with van der Waals surface area (Å²) in [6.45, 7) is 3.63. The summed E-state index contributed by atoms with van der Waals surface area (Å²) in [5.41, 5.74) is 3.99. The largest absolute Gasteiger partial charge is 0.497 e. The number of ketones is 1. The summed E-state index contributed by atoms with van der Waals surface area (Å²) in [6.07, 6.45) is 1.58. The Bertz CT molecular complexity index is 1030. The normalized spacial score (nSPS) is 10.7. The predicted molar refractivity (Wildman–Crippen MR) is 104 cm³/mol. The van der Waals surface area contributed by atoms with E-state index in [0.29, 0.717) is 17.1 Å². The molecular formula is C22H22O6. The molecule has 2 aromatic carbocycles. The maximum Gasteiger partial charge on any atom is 0.310 e. The van der Waals surface area contributed by atoms with Gasteiger partial charge in [-0.25, -0.2) is 0 Å². The van der Waals surface area contributed by atoms with Crippen LogP contribution in [0.4, 0.5) is 0 Å². The van der Waals surface area contributed by atoms with Crippen LogP contribution in [0.5, 0.6) is 11.5 Å². The van der Waals surface area contributed by atoms with E-state index in [1.54, 1.807) is 24.5 Å². The molecule has 0 atom stereocenters. The minimum Gasteiger partial charge on any atom is -0.497 e. The summed E-state index contributed by atoms with van der Waals surface area (Å²) in [5.74, 6) is 0.0447. The Labute approximate surface area is 163 Å². The van der Waals surface area contributed by atoms with Crippen molar-refractivity contribution >= 4 is 22.7 Å². The highest BCUT2D eigenvalue weighted by Gasteiger charge is 2.17. The van der Waals surface area contributed by atoms with E-state index in [2.05, 4.69) is 0 Å². The molecule has 0 saturated heterocycles. The molecule has 0 bridgehead atoms. The van der Waals surface area contributed by atoms with E-state index in [0.717, 1.165) is 27.7 Å².